The van der Waals surface area contributed by atoms with Crippen molar-refractivity contribution in [3.63, 3.8) is 0 Å². The summed E-state index contributed by atoms with van der Waals surface area (Å²) in [6, 6.07) is 1.58. The molecule has 0 aromatic rings. The molecule has 15 heavy (non-hydrogen) atoms. The maximum absolute atomic E-state index is 6.20. The van der Waals surface area contributed by atoms with E-state index in [1.807, 2.05) is 0 Å². The lowest BCUT2D eigenvalue weighted by Crippen LogP contribution is -2.55. The Labute approximate surface area is 93.0 Å². The minimum atomic E-state index is 0.318. The summed E-state index contributed by atoms with van der Waals surface area (Å²) in [6.45, 7) is 7.42. The van der Waals surface area contributed by atoms with Crippen LogP contribution in [0.4, 0.5) is 0 Å². The van der Waals surface area contributed by atoms with Crippen molar-refractivity contribution in [3.05, 3.63) is 0 Å². The molecule has 0 bridgehead atoms. The molecule has 2 fully saturated rings. The van der Waals surface area contributed by atoms with Gasteiger partial charge in [0.2, 0.25) is 0 Å². The fourth-order valence-electron chi connectivity index (χ4n) is 2.46. The molecule has 1 saturated heterocycles. The Morgan fingerprint density at radius 3 is 2.60 bits per heavy atom. The first-order chi connectivity index (χ1) is 7.18. The fraction of sp³-hybridized carbons (Fsp3) is 1.00. The van der Waals surface area contributed by atoms with Crippen LogP contribution < -0.4 is 5.73 Å². The SMILES string of the molecule is CC(C)CN(C1CC1)C1COCCC1N. The van der Waals surface area contributed by atoms with E-state index in [4.69, 9.17) is 10.5 Å². The molecule has 1 aliphatic carbocycles. The summed E-state index contributed by atoms with van der Waals surface area (Å²) in [4.78, 5) is 2.61. The molecule has 2 unspecified atom stereocenters. The molecule has 1 aliphatic heterocycles. The number of nitrogens with zero attached hydrogens (tertiary/aromatic N) is 1. The summed E-state index contributed by atoms with van der Waals surface area (Å²) < 4.78 is 5.57. The second kappa shape index (κ2) is 4.81. The second-order valence-electron chi connectivity index (χ2n) is 5.42. The van der Waals surface area contributed by atoms with Crippen molar-refractivity contribution in [2.24, 2.45) is 11.7 Å². The van der Waals surface area contributed by atoms with Gasteiger partial charge in [0.25, 0.3) is 0 Å². The zero-order chi connectivity index (χ0) is 10.8. The maximum atomic E-state index is 6.20. The van der Waals surface area contributed by atoms with Gasteiger partial charge in [0.15, 0.2) is 0 Å². The van der Waals surface area contributed by atoms with Crippen molar-refractivity contribution < 1.29 is 4.74 Å². The lowest BCUT2D eigenvalue weighted by Gasteiger charge is -2.39. The molecule has 3 nitrogen and oxygen atoms in total. The predicted octanol–water partition coefficient (Wildman–Crippen LogP) is 1.22. The Morgan fingerprint density at radius 1 is 1.33 bits per heavy atom. The van der Waals surface area contributed by atoms with Gasteiger partial charge in [-0.15, -0.1) is 0 Å². The second-order valence-corrected chi connectivity index (χ2v) is 5.42. The molecular weight excluding hydrogens is 188 g/mol. The van der Waals surface area contributed by atoms with Crippen LogP contribution in [0, 0.1) is 5.92 Å². The van der Waals surface area contributed by atoms with Crippen molar-refractivity contribution in [1.82, 2.24) is 4.90 Å². The van der Waals surface area contributed by atoms with Crippen LogP contribution in [0.1, 0.15) is 33.1 Å². The highest BCUT2D eigenvalue weighted by atomic mass is 16.5. The van der Waals surface area contributed by atoms with Crippen molar-refractivity contribution >= 4 is 0 Å². The average Bonchev–Trinajstić information content (AvgIpc) is 2.98. The van der Waals surface area contributed by atoms with Crippen molar-refractivity contribution in [2.75, 3.05) is 19.8 Å². The smallest absolute Gasteiger partial charge is 0.0637 e. The minimum absolute atomic E-state index is 0.318. The van der Waals surface area contributed by atoms with E-state index >= 15 is 0 Å². The molecule has 2 rings (SSSR count). The standard InChI is InChI=1S/C12H24N2O/c1-9(2)7-14(10-3-4-10)12-8-15-6-5-11(12)13/h9-12H,3-8,13H2,1-2H3. The molecular formula is C12H24N2O. The number of hydrogen-bond donors (Lipinski definition) is 1. The Hall–Kier alpha value is -0.120. The molecule has 0 amide bonds. The van der Waals surface area contributed by atoms with Crippen molar-refractivity contribution in [3.8, 4) is 0 Å². The van der Waals surface area contributed by atoms with E-state index in [9.17, 15) is 0 Å². The third-order valence-electron chi connectivity index (χ3n) is 3.40. The van der Waals surface area contributed by atoms with Crippen LogP contribution in [0.25, 0.3) is 0 Å². The van der Waals surface area contributed by atoms with Crippen LogP contribution >= 0.6 is 0 Å². The van der Waals surface area contributed by atoms with Crippen LogP contribution in [0.5, 0.6) is 0 Å². The Bertz CT molecular complexity index is 204. The van der Waals surface area contributed by atoms with Crippen LogP contribution in [0.15, 0.2) is 0 Å². The van der Waals surface area contributed by atoms with E-state index in [-0.39, 0.29) is 0 Å². The summed E-state index contributed by atoms with van der Waals surface area (Å²) in [5.74, 6) is 0.722. The van der Waals surface area contributed by atoms with Gasteiger partial charge in [-0.1, -0.05) is 13.8 Å². The maximum Gasteiger partial charge on any atom is 0.0637 e. The molecule has 1 heterocycles. The summed E-state index contributed by atoms with van der Waals surface area (Å²) in [6.07, 6.45) is 3.73. The third kappa shape index (κ3) is 2.92. The van der Waals surface area contributed by atoms with E-state index in [1.54, 1.807) is 0 Å². The lowest BCUT2D eigenvalue weighted by molar-refractivity contribution is -0.00174. The number of nitrogens with two attached hydrogens (primary N) is 1. The van der Waals surface area contributed by atoms with E-state index in [0.717, 1.165) is 31.6 Å². The van der Waals surface area contributed by atoms with Crippen molar-refractivity contribution in [1.29, 1.82) is 0 Å². The normalized spacial score (nSPS) is 32.6. The molecule has 2 atom stereocenters. The Balaban J connectivity index is 1.95. The molecule has 0 aromatic carbocycles. The van der Waals surface area contributed by atoms with Gasteiger partial charge in [0.1, 0.15) is 0 Å². The largest absolute Gasteiger partial charge is 0.380 e. The van der Waals surface area contributed by atoms with Crippen LogP contribution in [-0.4, -0.2) is 42.8 Å². The number of ether oxygens (including phenoxy) is 1. The lowest BCUT2D eigenvalue weighted by atomic mass is 10.0. The van der Waals surface area contributed by atoms with Gasteiger partial charge in [-0.2, -0.15) is 0 Å². The Morgan fingerprint density at radius 2 is 2.07 bits per heavy atom. The number of hydrogen-bond acceptors (Lipinski definition) is 3. The van der Waals surface area contributed by atoms with Gasteiger partial charge in [0.05, 0.1) is 6.61 Å². The van der Waals surface area contributed by atoms with Gasteiger partial charge < -0.3 is 10.5 Å². The van der Waals surface area contributed by atoms with Gasteiger partial charge >= 0.3 is 0 Å². The predicted molar refractivity (Wildman–Crippen MR) is 61.8 cm³/mol. The van der Waals surface area contributed by atoms with E-state index in [0.29, 0.717) is 12.1 Å². The molecule has 0 aromatic heterocycles. The van der Waals surface area contributed by atoms with Gasteiger partial charge in [-0.3, -0.25) is 4.90 Å². The molecule has 3 heteroatoms. The first kappa shape index (κ1) is 11.4. The molecule has 88 valence electrons. The fourth-order valence-corrected chi connectivity index (χ4v) is 2.46. The highest BCUT2D eigenvalue weighted by Gasteiger charge is 2.37. The molecule has 0 spiro atoms. The summed E-state index contributed by atoms with van der Waals surface area (Å²) >= 11 is 0. The minimum Gasteiger partial charge on any atom is -0.380 e. The highest BCUT2D eigenvalue weighted by Crippen LogP contribution is 2.31. The zero-order valence-electron chi connectivity index (χ0n) is 9.98. The topological polar surface area (TPSA) is 38.5 Å². The van der Waals surface area contributed by atoms with Gasteiger partial charge in [-0.05, 0) is 25.2 Å². The van der Waals surface area contributed by atoms with E-state index in [2.05, 4.69) is 18.7 Å². The molecule has 1 saturated carbocycles. The van der Waals surface area contributed by atoms with Gasteiger partial charge in [0, 0.05) is 31.3 Å². The van der Waals surface area contributed by atoms with E-state index in [1.165, 1.54) is 19.4 Å². The summed E-state index contributed by atoms with van der Waals surface area (Å²) in [7, 11) is 0. The average molecular weight is 212 g/mol. The van der Waals surface area contributed by atoms with Crippen LogP contribution in [0.2, 0.25) is 0 Å². The monoisotopic (exact) mass is 212 g/mol. The van der Waals surface area contributed by atoms with Crippen LogP contribution in [0.3, 0.4) is 0 Å². The third-order valence-corrected chi connectivity index (χ3v) is 3.40. The highest BCUT2D eigenvalue weighted by molar-refractivity contribution is 4.94. The quantitative estimate of drug-likeness (QED) is 0.761. The van der Waals surface area contributed by atoms with Gasteiger partial charge in [-0.25, -0.2) is 0 Å². The number of rotatable bonds is 4. The van der Waals surface area contributed by atoms with E-state index < -0.39 is 0 Å². The summed E-state index contributed by atoms with van der Waals surface area (Å²) in [5, 5.41) is 0. The van der Waals surface area contributed by atoms with Crippen LogP contribution in [-0.2, 0) is 4.74 Å². The first-order valence-electron chi connectivity index (χ1n) is 6.27. The van der Waals surface area contributed by atoms with Crippen molar-refractivity contribution in [2.45, 2.75) is 51.2 Å². The molecule has 2 aliphatic rings. The Kier molecular flexibility index (Phi) is 3.65. The summed E-state index contributed by atoms with van der Waals surface area (Å²) in [5.41, 5.74) is 6.20. The first-order valence-corrected chi connectivity index (χ1v) is 6.27. The zero-order valence-corrected chi connectivity index (χ0v) is 9.98. The molecule has 0 radical (unpaired) electrons. The molecule has 2 N–H and O–H groups in total.